The summed E-state index contributed by atoms with van der Waals surface area (Å²) in [5.74, 6) is -0.541. The van der Waals surface area contributed by atoms with Crippen molar-refractivity contribution in [2.24, 2.45) is 0 Å². The molecule has 2 N–H and O–H groups in total. The second-order valence-electron chi connectivity index (χ2n) is 7.28. The van der Waals surface area contributed by atoms with Crippen LogP contribution in [0.5, 0.6) is 11.5 Å². The SMILES string of the molecule is O=C1c2c(O)c(=O)ccn2NCN1C/C=C\COc1ccccc1Cc1ccc(F)cc1. The number of halogens is 1. The van der Waals surface area contributed by atoms with Crippen LogP contribution >= 0.6 is 0 Å². The lowest BCUT2D eigenvalue weighted by Gasteiger charge is -2.30. The van der Waals surface area contributed by atoms with Crippen LogP contribution in [0.4, 0.5) is 4.39 Å². The van der Waals surface area contributed by atoms with Crippen LogP contribution in [-0.4, -0.2) is 40.4 Å². The van der Waals surface area contributed by atoms with Gasteiger partial charge in [-0.25, -0.2) is 4.39 Å². The number of fused-ring (bicyclic) bond motifs is 1. The van der Waals surface area contributed by atoms with Gasteiger partial charge in [0, 0.05) is 25.2 Å². The molecule has 4 rings (SSSR count). The lowest BCUT2D eigenvalue weighted by molar-refractivity contribution is 0.0741. The van der Waals surface area contributed by atoms with Crippen molar-refractivity contribution in [3.63, 3.8) is 0 Å². The van der Waals surface area contributed by atoms with Crippen LogP contribution in [0.2, 0.25) is 0 Å². The van der Waals surface area contributed by atoms with Gasteiger partial charge >= 0.3 is 0 Å². The van der Waals surface area contributed by atoms with Crippen molar-refractivity contribution in [3.8, 4) is 11.5 Å². The Kier molecular flexibility index (Phi) is 6.21. The maximum atomic E-state index is 13.1. The van der Waals surface area contributed by atoms with Crippen LogP contribution < -0.4 is 15.6 Å². The van der Waals surface area contributed by atoms with Gasteiger partial charge in [0.2, 0.25) is 5.43 Å². The van der Waals surface area contributed by atoms with Crippen LogP contribution in [0.15, 0.2) is 77.7 Å². The zero-order valence-corrected chi connectivity index (χ0v) is 17.2. The number of carbonyl (C=O) groups is 1. The first kappa shape index (κ1) is 21.2. The second-order valence-corrected chi connectivity index (χ2v) is 7.28. The molecule has 0 saturated carbocycles. The minimum atomic E-state index is -0.600. The molecule has 1 aliphatic rings. The number of amides is 1. The summed E-state index contributed by atoms with van der Waals surface area (Å²) < 4.78 is 20.3. The Hall–Kier alpha value is -4.07. The fourth-order valence-corrected chi connectivity index (χ4v) is 3.41. The molecular formula is C24H22FN3O4. The lowest BCUT2D eigenvalue weighted by atomic mass is 10.0. The van der Waals surface area contributed by atoms with Gasteiger partial charge in [0.05, 0.1) is 0 Å². The summed E-state index contributed by atoms with van der Waals surface area (Å²) in [7, 11) is 0. The summed E-state index contributed by atoms with van der Waals surface area (Å²) in [5, 5.41) is 9.94. The van der Waals surface area contributed by atoms with Crippen LogP contribution in [0.1, 0.15) is 21.6 Å². The monoisotopic (exact) mass is 435 g/mol. The Bertz CT molecular complexity index is 1200. The first-order valence-corrected chi connectivity index (χ1v) is 10.1. The first-order chi connectivity index (χ1) is 15.5. The fraction of sp³-hybridized carbons (Fsp3) is 0.167. The summed E-state index contributed by atoms with van der Waals surface area (Å²) >= 11 is 0. The van der Waals surface area contributed by atoms with E-state index in [0.717, 1.165) is 16.9 Å². The van der Waals surface area contributed by atoms with Crippen molar-refractivity contribution in [1.82, 2.24) is 9.58 Å². The molecule has 0 aliphatic carbocycles. The van der Waals surface area contributed by atoms with Gasteiger partial charge < -0.3 is 20.2 Å². The van der Waals surface area contributed by atoms with Crippen molar-refractivity contribution in [2.75, 3.05) is 25.2 Å². The van der Waals surface area contributed by atoms with Gasteiger partial charge in [-0.15, -0.1) is 0 Å². The molecule has 164 valence electrons. The van der Waals surface area contributed by atoms with Crippen molar-refractivity contribution >= 4 is 5.91 Å². The number of nitrogens with one attached hydrogen (secondary N) is 1. The zero-order chi connectivity index (χ0) is 22.5. The summed E-state index contributed by atoms with van der Waals surface area (Å²) in [5.41, 5.74) is 4.23. The zero-order valence-electron chi connectivity index (χ0n) is 17.2. The predicted molar refractivity (Wildman–Crippen MR) is 118 cm³/mol. The van der Waals surface area contributed by atoms with E-state index in [2.05, 4.69) is 5.43 Å². The molecule has 0 unspecified atom stereocenters. The maximum absolute atomic E-state index is 13.1. The highest BCUT2D eigenvalue weighted by atomic mass is 19.1. The number of carbonyl (C=O) groups excluding carboxylic acids is 1. The number of aromatic nitrogens is 1. The van der Waals surface area contributed by atoms with Gasteiger partial charge in [-0.05, 0) is 35.4 Å². The van der Waals surface area contributed by atoms with E-state index in [-0.39, 0.29) is 24.7 Å². The molecule has 32 heavy (non-hydrogen) atoms. The molecule has 0 saturated heterocycles. The number of nitrogens with zero attached hydrogens (tertiary/aromatic N) is 2. The van der Waals surface area contributed by atoms with Crippen molar-refractivity contribution in [1.29, 1.82) is 0 Å². The minimum Gasteiger partial charge on any atom is -0.502 e. The molecule has 3 aromatic rings. The molecule has 0 atom stereocenters. The van der Waals surface area contributed by atoms with Gasteiger partial charge in [0.1, 0.15) is 24.8 Å². The average molecular weight is 435 g/mol. The molecule has 0 spiro atoms. The normalized spacial score (nSPS) is 13.2. The van der Waals surface area contributed by atoms with Crippen LogP contribution in [0.25, 0.3) is 0 Å². The molecule has 2 aromatic carbocycles. The quantitative estimate of drug-likeness (QED) is 0.558. The van der Waals surface area contributed by atoms with Crippen molar-refractivity contribution in [2.45, 2.75) is 6.42 Å². The molecule has 0 bridgehead atoms. The largest absolute Gasteiger partial charge is 0.502 e. The second kappa shape index (κ2) is 9.38. The van der Waals surface area contributed by atoms with Crippen LogP contribution in [-0.2, 0) is 6.42 Å². The third kappa shape index (κ3) is 4.64. The van der Waals surface area contributed by atoms with Gasteiger partial charge in [-0.3, -0.25) is 14.3 Å². The Balaban J connectivity index is 1.34. The van der Waals surface area contributed by atoms with Gasteiger partial charge in [-0.2, -0.15) is 0 Å². The van der Waals surface area contributed by atoms with E-state index in [0.29, 0.717) is 13.0 Å². The summed E-state index contributed by atoms with van der Waals surface area (Å²) in [6.45, 7) is 0.825. The number of ether oxygens (including phenoxy) is 1. The molecule has 1 aliphatic heterocycles. The number of pyridine rings is 1. The number of rotatable bonds is 7. The molecule has 1 amide bonds. The number of para-hydroxylation sites is 1. The summed E-state index contributed by atoms with van der Waals surface area (Å²) in [6.07, 6.45) is 5.63. The molecule has 2 heterocycles. The first-order valence-electron chi connectivity index (χ1n) is 10.1. The van der Waals surface area contributed by atoms with E-state index in [1.165, 1.54) is 34.0 Å². The van der Waals surface area contributed by atoms with Gasteiger partial charge in [0.15, 0.2) is 11.4 Å². The summed E-state index contributed by atoms with van der Waals surface area (Å²) in [6, 6.07) is 15.2. The van der Waals surface area contributed by atoms with E-state index in [4.69, 9.17) is 4.74 Å². The molecular weight excluding hydrogens is 413 g/mol. The molecule has 1 aromatic heterocycles. The maximum Gasteiger partial charge on any atom is 0.278 e. The third-order valence-electron chi connectivity index (χ3n) is 5.10. The van der Waals surface area contributed by atoms with Gasteiger partial charge in [-0.1, -0.05) is 36.4 Å². The lowest BCUT2D eigenvalue weighted by Crippen LogP contribution is -2.46. The van der Waals surface area contributed by atoms with Crippen molar-refractivity contribution in [3.05, 3.63) is 106 Å². The third-order valence-corrected chi connectivity index (χ3v) is 5.10. The number of hydrogen-bond acceptors (Lipinski definition) is 5. The number of hydrogen-bond donors (Lipinski definition) is 2. The highest BCUT2D eigenvalue weighted by Gasteiger charge is 2.27. The predicted octanol–water partition coefficient (Wildman–Crippen LogP) is 2.88. The topological polar surface area (TPSA) is 83.8 Å². The minimum absolute atomic E-state index is 0.0804. The Morgan fingerprint density at radius 2 is 1.84 bits per heavy atom. The Morgan fingerprint density at radius 1 is 1.06 bits per heavy atom. The highest BCUT2D eigenvalue weighted by molar-refractivity contribution is 5.96. The standard InChI is InChI=1S/C24H22FN3O4/c25-19-9-7-17(8-10-19)15-18-5-1-2-6-21(18)32-14-4-3-12-27-16-26-28-13-11-20(29)23(30)22(28)24(27)31/h1-11,13,26,30H,12,14-16H2/b4-3-. The van der Waals surface area contributed by atoms with E-state index in [9.17, 15) is 19.1 Å². The van der Waals surface area contributed by atoms with E-state index < -0.39 is 17.1 Å². The van der Waals surface area contributed by atoms with Crippen LogP contribution in [0, 0.1) is 5.82 Å². The molecule has 0 radical (unpaired) electrons. The Labute approximate surface area is 184 Å². The molecule has 8 heteroatoms. The molecule has 7 nitrogen and oxygen atoms in total. The Morgan fingerprint density at radius 3 is 2.66 bits per heavy atom. The highest BCUT2D eigenvalue weighted by Crippen LogP contribution is 2.22. The molecule has 0 fully saturated rings. The fourth-order valence-electron chi connectivity index (χ4n) is 3.41. The van der Waals surface area contributed by atoms with Crippen LogP contribution in [0.3, 0.4) is 0 Å². The van der Waals surface area contributed by atoms with Gasteiger partial charge in [0.25, 0.3) is 5.91 Å². The number of aromatic hydroxyl groups is 1. The van der Waals surface area contributed by atoms with Crippen molar-refractivity contribution < 1.29 is 19.0 Å². The van der Waals surface area contributed by atoms with E-state index in [1.807, 2.05) is 24.3 Å². The smallest absolute Gasteiger partial charge is 0.278 e. The van der Waals surface area contributed by atoms with E-state index >= 15 is 0 Å². The van der Waals surface area contributed by atoms with E-state index in [1.54, 1.807) is 24.3 Å². The average Bonchev–Trinajstić information content (AvgIpc) is 2.80. The summed E-state index contributed by atoms with van der Waals surface area (Å²) in [4.78, 5) is 25.7. The number of benzene rings is 2.